The molecule has 92 valence electrons. The van der Waals surface area contributed by atoms with E-state index in [1.165, 1.54) is 6.20 Å². The van der Waals surface area contributed by atoms with Gasteiger partial charge in [-0.15, -0.1) is 0 Å². The molecular formula is C13H14N4O. The lowest BCUT2D eigenvalue weighted by Crippen LogP contribution is -2.16. The summed E-state index contributed by atoms with van der Waals surface area (Å²) < 4.78 is 0. The zero-order valence-electron chi connectivity index (χ0n) is 10.1. The van der Waals surface area contributed by atoms with Crippen LogP contribution in [0.2, 0.25) is 0 Å². The summed E-state index contributed by atoms with van der Waals surface area (Å²) >= 11 is 0. The number of nitrogens with one attached hydrogen (secondary N) is 1. The Morgan fingerprint density at radius 2 is 2.06 bits per heavy atom. The highest BCUT2D eigenvalue weighted by atomic mass is 16.1. The molecule has 5 heteroatoms. The van der Waals surface area contributed by atoms with Crippen molar-refractivity contribution in [3.8, 4) is 0 Å². The van der Waals surface area contributed by atoms with Crippen LogP contribution in [0.1, 0.15) is 21.7 Å². The van der Waals surface area contributed by atoms with Gasteiger partial charge in [-0.25, -0.2) is 4.98 Å². The number of para-hydroxylation sites is 1. The zero-order valence-corrected chi connectivity index (χ0v) is 10.1. The highest BCUT2D eigenvalue weighted by Crippen LogP contribution is 2.14. The number of nitrogens with zero attached hydrogens (tertiary/aromatic N) is 2. The number of aromatic nitrogens is 2. The third-order valence-electron chi connectivity index (χ3n) is 2.50. The van der Waals surface area contributed by atoms with Gasteiger partial charge in [0.1, 0.15) is 5.69 Å². The van der Waals surface area contributed by atoms with E-state index in [0.717, 1.165) is 11.3 Å². The Hall–Kier alpha value is -2.27. The van der Waals surface area contributed by atoms with Crippen LogP contribution in [0.25, 0.3) is 0 Å². The van der Waals surface area contributed by atoms with Crippen LogP contribution in [-0.4, -0.2) is 15.9 Å². The number of nitrogens with two attached hydrogens (primary N) is 1. The van der Waals surface area contributed by atoms with Gasteiger partial charge in [0.25, 0.3) is 5.91 Å². The Labute approximate surface area is 105 Å². The summed E-state index contributed by atoms with van der Waals surface area (Å²) in [6.45, 7) is 2.19. The molecule has 18 heavy (non-hydrogen) atoms. The number of amides is 1. The molecule has 5 nitrogen and oxygen atoms in total. The summed E-state index contributed by atoms with van der Waals surface area (Å²) in [4.78, 5) is 20.0. The van der Waals surface area contributed by atoms with E-state index in [9.17, 15) is 4.79 Å². The maximum absolute atomic E-state index is 11.9. The van der Waals surface area contributed by atoms with E-state index >= 15 is 0 Å². The van der Waals surface area contributed by atoms with E-state index < -0.39 is 0 Å². The summed E-state index contributed by atoms with van der Waals surface area (Å²) in [5.74, 6) is -0.289. The highest BCUT2D eigenvalue weighted by molar-refractivity contribution is 6.03. The first-order valence-corrected chi connectivity index (χ1v) is 5.58. The van der Waals surface area contributed by atoms with Crippen LogP contribution in [0.3, 0.4) is 0 Å². The predicted octanol–water partition coefficient (Wildman–Crippen LogP) is 1.50. The first-order valence-electron chi connectivity index (χ1n) is 5.58. The van der Waals surface area contributed by atoms with Crippen molar-refractivity contribution >= 4 is 11.6 Å². The highest BCUT2D eigenvalue weighted by Gasteiger charge is 2.09. The molecule has 0 radical (unpaired) electrons. The lowest BCUT2D eigenvalue weighted by molar-refractivity contribution is 0.102. The molecule has 0 bridgehead atoms. The Kier molecular flexibility index (Phi) is 3.64. The molecular weight excluding hydrogens is 228 g/mol. The van der Waals surface area contributed by atoms with Crippen molar-refractivity contribution in [1.82, 2.24) is 9.97 Å². The maximum atomic E-state index is 11.9. The van der Waals surface area contributed by atoms with Gasteiger partial charge in [0.05, 0.1) is 11.9 Å². The number of hydrogen-bond donors (Lipinski definition) is 2. The number of hydrogen-bond acceptors (Lipinski definition) is 4. The molecule has 0 fully saturated rings. The molecule has 0 atom stereocenters. The quantitative estimate of drug-likeness (QED) is 0.854. The average molecular weight is 242 g/mol. The normalized spacial score (nSPS) is 10.1. The van der Waals surface area contributed by atoms with Gasteiger partial charge in [0, 0.05) is 18.4 Å². The Morgan fingerprint density at radius 1 is 1.28 bits per heavy atom. The first kappa shape index (κ1) is 12.2. The van der Waals surface area contributed by atoms with Crippen molar-refractivity contribution in [3.63, 3.8) is 0 Å². The number of anilines is 1. The number of carbonyl (C=O) groups excluding carboxylic acids is 1. The minimum Gasteiger partial charge on any atom is -0.326 e. The van der Waals surface area contributed by atoms with E-state index in [1.807, 2.05) is 31.2 Å². The van der Waals surface area contributed by atoms with Crippen LogP contribution >= 0.6 is 0 Å². The third-order valence-corrected chi connectivity index (χ3v) is 2.50. The smallest absolute Gasteiger partial charge is 0.275 e. The number of benzene rings is 1. The summed E-state index contributed by atoms with van der Waals surface area (Å²) in [5.41, 5.74) is 8.24. The van der Waals surface area contributed by atoms with Gasteiger partial charge in [-0.3, -0.25) is 9.78 Å². The van der Waals surface area contributed by atoms with Crippen LogP contribution in [0.15, 0.2) is 36.7 Å². The van der Waals surface area contributed by atoms with Crippen LogP contribution in [0, 0.1) is 6.92 Å². The molecule has 1 aromatic carbocycles. The van der Waals surface area contributed by atoms with Crippen molar-refractivity contribution < 1.29 is 4.79 Å². The van der Waals surface area contributed by atoms with Crippen LogP contribution in [-0.2, 0) is 6.54 Å². The van der Waals surface area contributed by atoms with Crippen molar-refractivity contribution in [2.24, 2.45) is 5.73 Å². The van der Waals surface area contributed by atoms with Crippen LogP contribution < -0.4 is 11.1 Å². The van der Waals surface area contributed by atoms with Crippen molar-refractivity contribution in [1.29, 1.82) is 0 Å². The van der Waals surface area contributed by atoms with E-state index in [4.69, 9.17) is 5.73 Å². The molecule has 1 aromatic heterocycles. The Bertz CT molecular complexity index is 551. The number of carbonyl (C=O) groups is 1. The first-order chi connectivity index (χ1) is 8.70. The summed E-state index contributed by atoms with van der Waals surface area (Å²) in [6.07, 6.45) is 3.01. The molecule has 0 aliphatic heterocycles. The van der Waals surface area contributed by atoms with Crippen LogP contribution in [0.5, 0.6) is 0 Å². The Balaban J connectivity index is 2.18. The summed E-state index contributed by atoms with van der Waals surface area (Å²) in [6, 6.07) is 7.40. The van der Waals surface area contributed by atoms with E-state index in [2.05, 4.69) is 15.3 Å². The number of aryl methyl sites for hydroxylation is 1. The largest absolute Gasteiger partial charge is 0.326 e. The van der Waals surface area contributed by atoms with Gasteiger partial charge in [0.2, 0.25) is 0 Å². The van der Waals surface area contributed by atoms with E-state index in [1.54, 1.807) is 6.20 Å². The van der Waals surface area contributed by atoms with Gasteiger partial charge < -0.3 is 11.1 Å². The van der Waals surface area contributed by atoms with Gasteiger partial charge >= 0.3 is 0 Å². The molecule has 0 aliphatic carbocycles. The SMILES string of the molecule is Cc1cnc(C(=O)Nc2ccccc2CN)cn1. The summed E-state index contributed by atoms with van der Waals surface area (Å²) in [5, 5.41) is 2.78. The second kappa shape index (κ2) is 5.37. The van der Waals surface area contributed by atoms with E-state index in [-0.39, 0.29) is 11.6 Å². The molecule has 0 unspecified atom stereocenters. The van der Waals surface area contributed by atoms with Gasteiger partial charge in [-0.2, -0.15) is 0 Å². The van der Waals surface area contributed by atoms with Gasteiger partial charge in [-0.05, 0) is 18.6 Å². The fourth-order valence-electron chi connectivity index (χ4n) is 1.52. The fourth-order valence-corrected chi connectivity index (χ4v) is 1.52. The molecule has 1 amide bonds. The molecule has 1 heterocycles. The molecule has 0 saturated carbocycles. The lowest BCUT2D eigenvalue weighted by atomic mass is 10.2. The molecule has 2 rings (SSSR count). The van der Waals surface area contributed by atoms with Crippen molar-refractivity contribution in [2.75, 3.05) is 5.32 Å². The summed E-state index contributed by atoms with van der Waals surface area (Å²) in [7, 11) is 0. The predicted molar refractivity (Wildman–Crippen MR) is 69.1 cm³/mol. The Morgan fingerprint density at radius 3 is 2.72 bits per heavy atom. The van der Waals surface area contributed by atoms with Crippen LogP contribution in [0.4, 0.5) is 5.69 Å². The molecule has 0 spiro atoms. The second-order valence-corrected chi connectivity index (χ2v) is 3.86. The minimum absolute atomic E-state index is 0.285. The fraction of sp³-hybridized carbons (Fsp3) is 0.154. The second-order valence-electron chi connectivity index (χ2n) is 3.86. The minimum atomic E-state index is -0.289. The van der Waals surface area contributed by atoms with Crippen molar-refractivity contribution in [2.45, 2.75) is 13.5 Å². The standard InChI is InChI=1S/C13H14N4O/c1-9-7-16-12(8-15-9)13(18)17-11-5-3-2-4-10(11)6-14/h2-5,7-8H,6,14H2,1H3,(H,17,18). The monoisotopic (exact) mass is 242 g/mol. The van der Waals surface area contributed by atoms with Gasteiger partial charge in [0.15, 0.2) is 0 Å². The van der Waals surface area contributed by atoms with E-state index in [0.29, 0.717) is 12.2 Å². The molecule has 0 saturated heterocycles. The van der Waals surface area contributed by atoms with Crippen molar-refractivity contribution in [3.05, 3.63) is 53.6 Å². The average Bonchev–Trinajstić information content (AvgIpc) is 2.40. The lowest BCUT2D eigenvalue weighted by Gasteiger charge is -2.08. The molecule has 2 aromatic rings. The number of rotatable bonds is 3. The molecule has 0 aliphatic rings. The maximum Gasteiger partial charge on any atom is 0.275 e. The van der Waals surface area contributed by atoms with Gasteiger partial charge in [-0.1, -0.05) is 18.2 Å². The zero-order chi connectivity index (χ0) is 13.0. The third kappa shape index (κ3) is 2.70. The topological polar surface area (TPSA) is 80.9 Å². The molecule has 3 N–H and O–H groups in total.